The van der Waals surface area contributed by atoms with E-state index in [1.54, 1.807) is 18.7 Å². The van der Waals surface area contributed by atoms with Gasteiger partial charge in [0.1, 0.15) is 0 Å². The number of fused-ring (bicyclic) bond motifs is 2. The Balaban J connectivity index is 2.01. The van der Waals surface area contributed by atoms with Crippen LogP contribution in [0.5, 0.6) is 0 Å². The van der Waals surface area contributed by atoms with Crippen molar-refractivity contribution in [1.29, 1.82) is 0 Å². The minimum absolute atomic E-state index is 0.753. The third-order valence-corrected chi connectivity index (χ3v) is 29.2. The van der Waals surface area contributed by atoms with Crippen molar-refractivity contribution in [3.63, 3.8) is 0 Å². The summed E-state index contributed by atoms with van der Waals surface area (Å²) >= 11 is -1.35. The van der Waals surface area contributed by atoms with E-state index in [9.17, 15) is 0 Å². The zero-order valence-corrected chi connectivity index (χ0v) is 22.1. The summed E-state index contributed by atoms with van der Waals surface area (Å²) in [5.41, 5.74) is 7.10. The van der Waals surface area contributed by atoms with Gasteiger partial charge in [-0.25, -0.2) is 0 Å². The van der Waals surface area contributed by atoms with Crippen LogP contribution >= 0.6 is 0 Å². The molecule has 0 N–H and O–H groups in total. The quantitative estimate of drug-likeness (QED) is 0.411. The Labute approximate surface area is 172 Å². The standard InChI is InChI=1S/C15H17.2C4H11Si.Sc/c1-2-11-12-7-3-5-9-14(12)15-10-6-4-8-13(11)15;2*1-5(2,3)4;/h3,5,7-9,11H,2,4,6,10H2,1H3;2*1H2,2-4H3;. The van der Waals surface area contributed by atoms with Crippen LogP contribution in [0.25, 0.3) is 5.57 Å². The molecule has 0 bridgehead atoms. The van der Waals surface area contributed by atoms with Gasteiger partial charge in [-0.2, -0.15) is 0 Å². The van der Waals surface area contributed by atoms with E-state index < -0.39 is 37.6 Å². The summed E-state index contributed by atoms with van der Waals surface area (Å²) in [5.74, 6) is 0.753. The van der Waals surface area contributed by atoms with Crippen molar-refractivity contribution in [3.8, 4) is 0 Å². The van der Waals surface area contributed by atoms with Crippen molar-refractivity contribution in [1.82, 2.24) is 0 Å². The van der Waals surface area contributed by atoms with E-state index in [2.05, 4.69) is 70.5 Å². The molecule has 0 saturated carbocycles. The molecule has 0 fully saturated rings. The first-order chi connectivity index (χ1) is 12.1. The fourth-order valence-corrected chi connectivity index (χ4v) is 32.2. The Bertz CT molecular complexity index is 662. The molecule has 0 amide bonds. The molecule has 0 radical (unpaired) electrons. The van der Waals surface area contributed by atoms with Gasteiger partial charge in [0.2, 0.25) is 0 Å². The van der Waals surface area contributed by atoms with Crippen molar-refractivity contribution < 1.29 is 21.4 Å². The third kappa shape index (κ3) is 4.63. The van der Waals surface area contributed by atoms with Gasteiger partial charge < -0.3 is 0 Å². The van der Waals surface area contributed by atoms with E-state index in [-0.39, 0.29) is 0 Å². The van der Waals surface area contributed by atoms with E-state index in [4.69, 9.17) is 0 Å². The van der Waals surface area contributed by atoms with E-state index in [1.807, 2.05) is 11.1 Å². The van der Waals surface area contributed by atoms with Gasteiger partial charge in [-0.05, 0) is 0 Å². The second-order valence-electron chi connectivity index (χ2n) is 11.3. The summed E-state index contributed by atoms with van der Waals surface area (Å²) in [6, 6.07) is 9.42. The van der Waals surface area contributed by atoms with Gasteiger partial charge in [0.25, 0.3) is 0 Å². The molecule has 0 heterocycles. The minimum atomic E-state index is -1.35. The first-order valence-electron chi connectivity index (χ1n) is 10.9. The first kappa shape index (κ1) is 21.0. The van der Waals surface area contributed by atoms with Crippen LogP contribution in [0.3, 0.4) is 0 Å². The van der Waals surface area contributed by atoms with Crippen LogP contribution in [0.4, 0.5) is 0 Å². The van der Waals surface area contributed by atoms with Crippen LogP contribution in [0.1, 0.15) is 49.7 Å². The van der Waals surface area contributed by atoms with Gasteiger partial charge in [0.15, 0.2) is 0 Å². The molecule has 0 aliphatic heterocycles. The van der Waals surface area contributed by atoms with Crippen LogP contribution in [-0.4, -0.2) is 16.1 Å². The molecule has 26 heavy (non-hydrogen) atoms. The number of benzene rings is 1. The molecule has 2 unspecified atom stereocenters. The molecule has 0 saturated heterocycles. The average Bonchev–Trinajstić information content (AvgIpc) is 2.85. The molecule has 2 atom stereocenters. The summed E-state index contributed by atoms with van der Waals surface area (Å²) in [7, 11) is -1.95. The maximum atomic E-state index is 2.63. The molecular weight excluding hydrogens is 377 g/mol. The fraction of sp³-hybridized carbons (Fsp3) is 0.652. The summed E-state index contributed by atoms with van der Waals surface area (Å²) in [6.07, 6.45) is 5.64. The number of hydrogen-bond donors (Lipinski definition) is 0. The number of allylic oxidation sites excluding steroid dienone is 2. The molecule has 0 nitrogen and oxygen atoms in total. The molecule has 1 aromatic rings. The van der Waals surface area contributed by atoms with Crippen molar-refractivity contribution in [2.45, 2.75) is 89.1 Å². The van der Waals surface area contributed by atoms with Crippen LogP contribution in [-0.2, 0) is 21.4 Å². The summed E-state index contributed by atoms with van der Waals surface area (Å²) in [5, 5.41) is 0. The Morgan fingerprint density at radius 3 is 2.15 bits per heavy atom. The van der Waals surface area contributed by atoms with Crippen molar-refractivity contribution in [2.75, 3.05) is 0 Å². The summed E-state index contributed by atoms with van der Waals surface area (Å²) in [4.78, 5) is 0. The number of rotatable bonds is 6. The van der Waals surface area contributed by atoms with Gasteiger partial charge >= 0.3 is 173 Å². The van der Waals surface area contributed by atoms with E-state index in [0.717, 1.165) is 9.59 Å². The summed E-state index contributed by atoms with van der Waals surface area (Å²) in [6.45, 7) is 18.2. The first-order valence-corrected chi connectivity index (χ1v) is 21.9. The van der Waals surface area contributed by atoms with Crippen LogP contribution < -0.4 is 0 Å². The van der Waals surface area contributed by atoms with Gasteiger partial charge in [0, 0.05) is 0 Å². The van der Waals surface area contributed by atoms with Gasteiger partial charge in [-0.1, -0.05) is 0 Å². The molecule has 3 rings (SSSR count). The predicted molar refractivity (Wildman–Crippen MR) is 120 cm³/mol. The van der Waals surface area contributed by atoms with Gasteiger partial charge in [-0.3, -0.25) is 0 Å². The van der Waals surface area contributed by atoms with E-state index in [0.29, 0.717) is 0 Å². The molecule has 2 aliphatic rings. The Kier molecular flexibility index (Phi) is 6.41. The fourth-order valence-electron chi connectivity index (χ4n) is 5.88. The monoisotopic (exact) mass is 416 g/mol. The third-order valence-electron chi connectivity index (χ3n) is 6.45. The topological polar surface area (TPSA) is 0 Å². The molecule has 0 spiro atoms. The Hall–Kier alpha value is 0.264. The van der Waals surface area contributed by atoms with Crippen LogP contribution in [0.2, 0.25) is 50.6 Å². The van der Waals surface area contributed by atoms with E-state index in [1.165, 1.54) is 25.7 Å². The molecule has 3 heteroatoms. The number of hydrogen-bond acceptors (Lipinski definition) is 0. The van der Waals surface area contributed by atoms with Gasteiger partial charge in [0.05, 0.1) is 0 Å². The molecule has 1 aromatic carbocycles. The van der Waals surface area contributed by atoms with Crippen LogP contribution in [0, 0.1) is 0 Å². The normalized spacial score (nSPS) is 23.0. The van der Waals surface area contributed by atoms with Gasteiger partial charge in [-0.15, -0.1) is 0 Å². The second kappa shape index (κ2) is 7.95. The van der Waals surface area contributed by atoms with Crippen molar-refractivity contribution >= 4 is 21.7 Å². The van der Waals surface area contributed by atoms with Crippen molar-refractivity contribution in [3.05, 3.63) is 41.0 Å². The molecule has 0 aromatic heterocycles. The predicted octanol–water partition coefficient (Wildman–Crippen LogP) is 8.13. The Morgan fingerprint density at radius 2 is 1.58 bits per heavy atom. The maximum absolute atomic E-state index is 2.63. The van der Waals surface area contributed by atoms with Crippen molar-refractivity contribution in [2.24, 2.45) is 0 Å². The average molecular weight is 417 g/mol. The zero-order valence-electron chi connectivity index (χ0n) is 18.3. The summed E-state index contributed by atoms with van der Waals surface area (Å²) < 4.78 is 4.46. The SMILES string of the molecule is CCC1C2=C(CCC[CH]2[Sc]([CH2][Si](C)(C)C)[CH2][Si](C)(C)C)c2ccccc21. The van der Waals surface area contributed by atoms with Crippen LogP contribution in [0.15, 0.2) is 29.8 Å². The molecular formula is C23H39ScSi2. The van der Waals surface area contributed by atoms with E-state index >= 15 is 0 Å². The molecule has 142 valence electrons. The Morgan fingerprint density at radius 1 is 0.962 bits per heavy atom. The molecule has 2 aliphatic carbocycles. The zero-order chi connectivity index (χ0) is 19.1. The second-order valence-corrected chi connectivity index (χ2v) is 29.8.